The van der Waals surface area contributed by atoms with E-state index >= 15 is 0 Å². The maximum atomic E-state index is 11.7. The Morgan fingerprint density at radius 1 is 0.714 bits per heavy atom. The molecule has 82 valence electrons. The van der Waals surface area contributed by atoms with E-state index in [1.807, 2.05) is 0 Å². The zero-order valence-electron chi connectivity index (χ0n) is 7.16. The smallest absolute Gasteiger partial charge is 0.165 e. The highest BCUT2D eigenvalue weighted by Gasteiger charge is 2.34. The average molecular weight is 220 g/mol. The van der Waals surface area contributed by atoms with Gasteiger partial charge in [-0.05, 0) is 13.8 Å². The number of hydrogen-bond acceptors (Lipinski definition) is 2. The van der Waals surface area contributed by atoms with Gasteiger partial charge in [0.15, 0.2) is 0 Å². The number of rotatable bonds is 1. The van der Waals surface area contributed by atoms with E-state index in [2.05, 4.69) is 10.2 Å². The molecule has 0 saturated heterocycles. The van der Waals surface area contributed by atoms with Gasteiger partial charge in [0.25, 0.3) is 0 Å². The minimum atomic E-state index is -4.75. The monoisotopic (exact) mass is 220 g/mol. The summed E-state index contributed by atoms with van der Waals surface area (Å²) in [7, 11) is 0. The van der Waals surface area contributed by atoms with Crippen LogP contribution in [-0.4, -0.2) is 23.8 Å². The molecule has 0 N–H and O–H groups in total. The summed E-state index contributed by atoms with van der Waals surface area (Å²) in [5.74, 6) is 0. The molecule has 8 heteroatoms. The van der Waals surface area contributed by atoms with Gasteiger partial charge in [-0.25, -0.2) is 0 Å². The van der Waals surface area contributed by atoms with Gasteiger partial charge in [0.05, 0.1) is 0 Å². The average Bonchev–Trinajstić information content (AvgIpc) is 1.95. The molecule has 0 aromatic heterocycles. The maximum Gasteiger partial charge on any atom is 0.431 e. The van der Waals surface area contributed by atoms with Crippen LogP contribution in [0.4, 0.5) is 26.3 Å². The van der Waals surface area contributed by atoms with E-state index in [1.54, 1.807) is 0 Å². The molecule has 0 rings (SSSR count). The second-order valence-electron chi connectivity index (χ2n) is 2.37. The van der Waals surface area contributed by atoms with E-state index in [-0.39, 0.29) is 0 Å². The van der Waals surface area contributed by atoms with E-state index < -0.39 is 23.8 Å². The summed E-state index contributed by atoms with van der Waals surface area (Å²) in [6.45, 7) is 1.07. The standard InChI is InChI=1S/C6H6F6N2/c1-3(5(7,8)9)13-14-4(2)6(10,11)12/h1-2H3/b13-3-,14-4-. The third kappa shape index (κ3) is 4.24. The van der Waals surface area contributed by atoms with Gasteiger partial charge in [0, 0.05) is 0 Å². The molecule has 0 heterocycles. The van der Waals surface area contributed by atoms with Crippen LogP contribution < -0.4 is 0 Å². The second kappa shape index (κ2) is 3.97. The van der Waals surface area contributed by atoms with Crippen LogP contribution in [0.1, 0.15) is 13.8 Å². The van der Waals surface area contributed by atoms with Gasteiger partial charge in [-0.2, -0.15) is 36.5 Å². The number of nitrogens with zero attached hydrogens (tertiary/aromatic N) is 2. The van der Waals surface area contributed by atoms with E-state index in [9.17, 15) is 26.3 Å². The molecule has 0 fully saturated rings. The molecule has 0 aromatic rings. The zero-order valence-corrected chi connectivity index (χ0v) is 7.16. The van der Waals surface area contributed by atoms with Crippen LogP contribution in [0.25, 0.3) is 0 Å². The summed E-state index contributed by atoms with van der Waals surface area (Å²) in [6, 6.07) is 0. The number of halogens is 6. The van der Waals surface area contributed by atoms with Crippen LogP contribution in [0.15, 0.2) is 10.2 Å². The van der Waals surface area contributed by atoms with Crippen molar-refractivity contribution < 1.29 is 26.3 Å². The molecule has 0 bridgehead atoms. The molecular weight excluding hydrogens is 214 g/mol. The van der Waals surface area contributed by atoms with Crippen LogP contribution in [0, 0.1) is 0 Å². The van der Waals surface area contributed by atoms with Crippen molar-refractivity contribution in [3.63, 3.8) is 0 Å². The van der Waals surface area contributed by atoms with Crippen molar-refractivity contribution in [3.05, 3.63) is 0 Å². The minimum absolute atomic E-state index is 0.535. The first-order valence-electron chi connectivity index (χ1n) is 3.28. The molecule has 14 heavy (non-hydrogen) atoms. The predicted molar refractivity (Wildman–Crippen MR) is 38.3 cm³/mol. The molecule has 0 unspecified atom stereocenters. The van der Waals surface area contributed by atoms with Gasteiger partial charge in [0.1, 0.15) is 11.4 Å². The normalized spacial score (nSPS) is 16.0. The van der Waals surface area contributed by atoms with Gasteiger partial charge in [-0.3, -0.25) is 0 Å². The third-order valence-electron chi connectivity index (χ3n) is 1.17. The van der Waals surface area contributed by atoms with Crippen LogP contribution >= 0.6 is 0 Å². The lowest BCUT2D eigenvalue weighted by Crippen LogP contribution is -2.21. The molecule has 0 aliphatic heterocycles. The Hall–Kier alpha value is -1.08. The van der Waals surface area contributed by atoms with Crippen molar-refractivity contribution in [2.75, 3.05) is 0 Å². The Labute approximate surface area is 75.3 Å². The Morgan fingerprint density at radius 2 is 0.929 bits per heavy atom. The fourth-order valence-corrected chi connectivity index (χ4v) is 0.263. The first-order chi connectivity index (χ1) is 6.05. The van der Waals surface area contributed by atoms with Crippen molar-refractivity contribution in [3.8, 4) is 0 Å². The summed E-state index contributed by atoms with van der Waals surface area (Å²) in [4.78, 5) is 0. The van der Waals surface area contributed by atoms with Gasteiger partial charge in [-0.1, -0.05) is 0 Å². The predicted octanol–water partition coefficient (Wildman–Crippen LogP) is 2.95. The summed E-state index contributed by atoms with van der Waals surface area (Å²) in [5.41, 5.74) is -2.86. The van der Waals surface area contributed by atoms with Crippen LogP contribution in [0.3, 0.4) is 0 Å². The first kappa shape index (κ1) is 12.9. The number of alkyl halides is 6. The maximum absolute atomic E-state index is 11.7. The molecular formula is C6H6F6N2. The first-order valence-corrected chi connectivity index (χ1v) is 3.28. The van der Waals surface area contributed by atoms with E-state index in [1.165, 1.54) is 0 Å². The molecule has 0 saturated carbocycles. The van der Waals surface area contributed by atoms with Gasteiger partial charge in [0.2, 0.25) is 0 Å². The molecule has 0 atom stereocenters. The van der Waals surface area contributed by atoms with E-state index in [0.29, 0.717) is 13.8 Å². The van der Waals surface area contributed by atoms with Gasteiger partial charge < -0.3 is 0 Å². The minimum Gasteiger partial charge on any atom is -0.165 e. The van der Waals surface area contributed by atoms with E-state index in [4.69, 9.17) is 0 Å². The van der Waals surface area contributed by atoms with Crippen molar-refractivity contribution in [2.45, 2.75) is 26.2 Å². The molecule has 0 radical (unpaired) electrons. The Kier molecular flexibility index (Phi) is 3.66. The molecule has 0 aromatic carbocycles. The largest absolute Gasteiger partial charge is 0.431 e. The van der Waals surface area contributed by atoms with Crippen molar-refractivity contribution >= 4 is 11.4 Å². The molecule has 0 amide bonds. The summed E-state index contributed by atoms with van der Waals surface area (Å²) < 4.78 is 70.3. The molecule has 0 aliphatic carbocycles. The lowest BCUT2D eigenvalue weighted by Gasteiger charge is -2.04. The fraction of sp³-hybridized carbons (Fsp3) is 0.667. The quantitative estimate of drug-likeness (QED) is 0.368. The molecule has 0 aliphatic rings. The Balaban J connectivity index is 4.73. The third-order valence-corrected chi connectivity index (χ3v) is 1.17. The molecule has 2 nitrogen and oxygen atoms in total. The Bertz CT molecular complexity index is 230. The van der Waals surface area contributed by atoms with E-state index in [0.717, 1.165) is 0 Å². The van der Waals surface area contributed by atoms with Crippen LogP contribution in [-0.2, 0) is 0 Å². The number of hydrogen-bond donors (Lipinski definition) is 0. The SMILES string of the molecule is C/C(=N/N=C(/C)C(F)(F)F)C(F)(F)F. The Morgan fingerprint density at radius 3 is 1.07 bits per heavy atom. The van der Waals surface area contributed by atoms with Crippen molar-refractivity contribution in [1.29, 1.82) is 0 Å². The highest BCUT2D eigenvalue weighted by Crippen LogP contribution is 2.19. The van der Waals surface area contributed by atoms with Crippen molar-refractivity contribution in [1.82, 2.24) is 0 Å². The lowest BCUT2D eigenvalue weighted by molar-refractivity contribution is -0.0617. The molecule has 0 spiro atoms. The van der Waals surface area contributed by atoms with Gasteiger partial charge in [-0.15, -0.1) is 0 Å². The second-order valence-corrected chi connectivity index (χ2v) is 2.37. The summed E-state index contributed by atoms with van der Waals surface area (Å²) in [5, 5.41) is 4.84. The highest BCUT2D eigenvalue weighted by atomic mass is 19.4. The highest BCUT2D eigenvalue weighted by molar-refractivity contribution is 5.90. The zero-order chi connectivity index (χ0) is 11.6. The fourth-order valence-electron chi connectivity index (χ4n) is 0.263. The van der Waals surface area contributed by atoms with Crippen molar-refractivity contribution in [2.24, 2.45) is 10.2 Å². The topological polar surface area (TPSA) is 24.7 Å². The van der Waals surface area contributed by atoms with Crippen LogP contribution in [0.5, 0.6) is 0 Å². The summed E-state index contributed by atoms with van der Waals surface area (Å²) >= 11 is 0. The van der Waals surface area contributed by atoms with Crippen LogP contribution in [0.2, 0.25) is 0 Å². The van der Waals surface area contributed by atoms with Gasteiger partial charge >= 0.3 is 12.4 Å². The summed E-state index contributed by atoms with van der Waals surface area (Å²) in [6.07, 6.45) is -9.51. The lowest BCUT2D eigenvalue weighted by atomic mass is 10.4.